The first-order valence-corrected chi connectivity index (χ1v) is 10.9. The molecule has 2 heterocycles. The van der Waals surface area contributed by atoms with Gasteiger partial charge in [-0.15, -0.1) is 11.3 Å². The third kappa shape index (κ3) is 4.45. The Labute approximate surface area is 171 Å². The van der Waals surface area contributed by atoms with Crippen LogP contribution in [-0.2, 0) is 16.8 Å². The molecule has 148 valence electrons. The zero-order valence-electron chi connectivity index (χ0n) is 15.0. The fourth-order valence-corrected chi connectivity index (χ4v) is 4.33. The van der Waals surface area contributed by atoms with E-state index in [2.05, 4.69) is 15.3 Å². The Morgan fingerprint density at radius 2 is 1.76 bits per heavy atom. The van der Waals surface area contributed by atoms with Crippen molar-refractivity contribution >= 4 is 49.3 Å². The first kappa shape index (κ1) is 19.1. The third-order valence-electron chi connectivity index (χ3n) is 4.20. The van der Waals surface area contributed by atoms with E-state index in [1.54, 1.807) is 24.3 Å². The van der Waals surface area contributed by atoms with Crippen molar-refractivity contribution in [1.29, 1.82) is 0 Å². The molecule has 0 fully saturated rings. The second-order valence-electron chi connectivity index (χ2n) is 6.25. The van der Waals surface area contributed by atoms with Crippen molar-refractivity contribution < 1.29 is 13.0 Å². The van der Waals surface area contributed by atoms with Gasteiger partial charge in [0.05, 0.1) is 11.1 Å². The van der Waals surface area contributed by atoms with Crippen LogP contribution >= 0.6 is 11.3 Å². The van der Waals surface area contributed by atoms with Crippen molar-refractivity contribution in [3.05, 3.63) is 65.5 Å². The van der Waals surface area contributed by atoms with Crippen LogP contribution < -0.4 is 15.8 Å². The lowest BCUT2D eigenvalue weighted by Gasteiger charge is -2.10. The van der Waals surface area contributed by atoms with Gasteiger partial charge in [-0.25, -0.2) is 4.98 Å². The van der Waals surface area contributed by atoms with E-state index in [0.717, 1.165) is 26.9 Å². The van der Waals surface area contributed by atoms with Gasteiger partial charge in [0, 0.05) is 17.5 Å². The molecule has 5 N–H and O–H groups in total. The van der Waals surface area contributed by atoms with Gasteiger partial charge in [-0.3, -0.25) is 9.27 Å². The van der Waals surface area contributed by atoms with Gasteiger partial charge in [0.1, 0.15) is 10.6 Å². The number of hydrogen-bond acceptors (Lipinski definition) is 7. The Balaban J connectivity index is 1.62. The second-order valence-corrected chi connectivity index (χ2v) is 8.27. The van der Waals surface area contributed by atoms with Crippen molar-refractivity contribution in [2.75, 3.05) is 15.8 Å². The number of rotatable bonds is 6. The van der Waals surface area contributed by atoms with Crippen LogP contribution in [0.4, 0.5) is 17.5 Å². The second kappa shape index (κ2) is 7.66. The van der Waals surface area contributed by atoms with E-state index in [4.69, 9.17) is 10.3 Å². The molecule has 8 nitrogen and oxygen atoms in total. The molecule has 2 aromatic heterocycles. The van der Waals surface area contributed by atoms with Gasteiger partial charge >= 0.3 is 10.3 Å². The Bertz CT molecular complexity index is 1260. The largest absolute Gasteiger partial charge is 0.368 e. The normalized spacial score (nSPS) is 11.5. The highest BCUT2D eigenvalue weighted by molar-refractivity contribution is 7.87. The summed E-state index contributed by atoms with van der Waals surface area (Å²) in [4.78, 5) is 9.52. The lowest BCUT2D eigenvalue weighted by atomic mass is 10.1. The van der Waals surface area contributed by atoms with Crippen LogP contribution in [0.15, 0.2) is 60.0 Å². The number of anilines is 3. The Kier molecular flexibility index (Phi) is 5.05. The Morgan fingerprint density at radius 1 is 1.03 bits per heavy atom. The molecule has 0 aliphatic rings. The van der Waals surface area contributed by atoms with Gasteiger partial charge in [0.25, 0.3) is 0 Å². The maximum atomic E-state index is 10.9. The van der Waals surface area contributed by atoms with Crippen LogP contribution in [0.1, 0.15) is 5.56 Å². The minimum Gasteiger partial charge on any atom is -0.368 e. The molecule has 0 spiro atoms. The van der Waals surface area contributed by atoms with Crippen LogP contribution in [0.2, 0.25) is 0 Å². The highest BCUT2D eigenvalue weighted by atomic mass is 32.2. The molecule has 0 bridgehead atoms. The molecule has 0 atom stereocenters. The molecule has 0 unspecified atom stereocenters. The molecule has 4 rings (SSSR count). The quantitative estimate of drug-likeness (QED) is 0.345. The first-order chi connectivity index (χ1) is 13.9. The molecule has 29 heavy (non-hydrogen) atoms. The summed E-state index contributed by atoms with van der Waals surface area (Å²) in [6, 6.07) is 16.6. The summed E-state index contributed by atoms with van der Waals surface area (Å²) in [5, 5.41) is 6.24. The number of benzene rings is 2. The first-order valence-electron chi connectivity index (χ1n) is 8.57. The zero-order chi connectivity index (χ0) is 20.4. The van der Waals surface area contributed by atoms with Crippen molar-refractivity contribution in [2.45, 2.75) is 6.54 Å². The Morgan fingerprint density at radius 3 is 2.45 bits per heavy atom. The van der Waals surface area contributed by atoms with E-state index in [1.165, 1.54) is 11.3 Å². The number of nitrogens with two attached hydrogens (primary N) is 1. The van der Waals surface area contributed by atoms with Crippen LogP contribution in [0.3, 0.4) is 0 Å². The van der Waals surface area contributed by atoms with Gasteiger partial charge in [0.15, 0.2) is 0 Å². The number of aromatic nitrogens is 2. The summed E-state index contributed by atoms with van der Waals surface area (Å²) < 4.78 is 32.6. The van der Waals surface area contributed by atoms with E-state index in [0.29, 0.717) is 12.4 Å². The highest BCUT2D eigenvalue weighted by Gasteiger charge is 2.14. The van der Waals surface area contributed by atoms with Gasteiger partial charge in [-0.1, -0.05) is 42.5 Å². The monoisotopic (exact) mass is 427 g/mol. The number of nitrogen functional groups attached to an aromatic ring is 1. The summed E-state index contributed by atoms with van der Waals surface area (Å²) in [7, 11) is -4.29. The number of fused-ring (bicyclic) bond motifs is 1. The summed E-state index contributed by atoms with van der Waals surface area (Å²) >= 11 is 1.51. The number of thiophene rings is 1. The third-order valence-corrected chi connectivity index (χ3v) is 5.56. The average Bonchev–Trinajstić information content (AvgIpc) is 3.10. The summed E-state index contributed by atoms with van der Waals surface area (Å²) in [6.07, 6.45) is 0. The van der Waals surface area contributed by atoms with E-state index < -0.39 is 10.3 Å². The van der Waals surface area contributed by atoms with Crippen LogP contribution in [-0.4, -0.2) is 22.9 Å². The molecule has 0 saturated heterocycles. The van der Waals surface area contributed by atoms with E-state index >= 15 is 0 Å². The summed E-state index contributed by atoms with van der Waals surface area (Å²) in [5.41, 5.74) is 9.14. The molecule has 0 aliphatic carbocycles. The molecule has 0 amide bonds. The fraction of sp³-hybridized carbons (Fsp3) is 0.0526. The molecule has 0 saturated carbocycles. The van der Waals surface area contributed by atoms with Crippen molar-refractivity contribution in [1.82, 2.24) is 9.97 Å². The van der Waals surface area contributed by atoms with Crippen molar-refractivity contribution in [3.8, 4) is 11.1 Å². The molecule has 0 radical (unpaired) electrons. The molecule has 2 aromatic carbocycles. The average molecular weight is 428 g/mol. The molecule has 4 aromatic rings. The van der Waals surface area contributed by atoms with Gasteiger partial charge in [-0.2, -0.15) is 13.4 Å². The van der Waals surface area contributed by atoms with Crippen molar-refractivity contribution in [2.24, 2.45) is 0 Å². The number of nitrogens with zero attached hydrogens (tertiary/aromatic N) is 2. The Hall–Kier alpha value is -3.21. The molecular formula is C19H17N5O3S2. The predicted octanol–water partition coefficient (Wildman–Crippen LogP) is 3.77. The maximum Gasteiger partial charge on any atom is 0.357 e. The van der Waals surface area contributed by atoms with Crippen molar-refractivity contribution in [3.63, 3.8) is 0 Å². The standard InChI is InChI=1S/C19H17N5O3S2/c20-19-22-17(21-10-12-6-8-14(9-7-12)24-29(25,26)27)16-15(11-28-18(16)23-19)13-4-2-1-3-5-13/h1-9,11,24H,10H2,(H,25,26,27)(H3,20,21,22,23). The number of hydrogen-bond donors (Lipinski definition) is 4. The van der Waals surface area contributed by atoms with Crippen LogP contribution in [0.5, 0.6) is 0 Å². The number of nitrogens with one attached hydrogen (secondary N) is 2. The fourth-order valence-electron chi connectivity index (χ4n) is 2.94. The molecular weight excluding hydrogens is 410 g/mol. The summed E-state index contributed by atoms with van der Waals surface area (Å²) in [5.74, 6) is 0.821. The SMILES string of the molecule is Nc1nc(NCc2ccc(NS(=O)(=O)O)cc2)c2c(-c3ccccc3)csc2n1. The van der Waals surface area contributed by atoms with E-state index in [1.807, 2.05) is 40.4 Å². The molecule has 0 aliphatic heterocycles. The minimum atomic E-state index is -4.29. The zero-order valence-corrected chi connectivity index (χ0v) is 16.7. The van der Waals surface area contributed by atoms with Gasteiger partial charge in [-0.05, 0) is 23.3 Å². The predicted molar refractivity (Wildman–Crippen MR) is 116 cm³/mol. The van der Waals surface area contributed by atoms with Gasteiger partial charge in [0.2, 0.25) is 5.95 Å². The van der Waals surface area contributed by atoms with Gasteiger partial charge < -0.3 is 11.1 Å². The maximum absolute atomic E-state index is 10.9. The lowest BCUT2D eigenvalue weighted by molar-refractivity contribution is 0.489. The summed E-state index contributed by atoms with van der Waals surface area (Å²) in [6.45, 7) is 0.446. The topological polar surface area (TPSA) is 130 Å². The van der Waals surface area contributed by atoms with Crippen LogP contribution in [0, 0.1) is 0 Å². The van der Waals surface area contributed by atoms with E-state index in [-0.39, 0.29) is 11.6 Å². The minimum absolute atomic E-state index is 0.189. The highest BCUT2D eigenvalue weighted by Crippen LogP contribution is 2.37. The van der Waals surface area contributed by atoms with E-state index in [9.17, 15) is 8.42 Å². The molecule has 10 heteroatoms. The lowest BCUT2D eigenvalue weighted by Crippen LogP contribution is -2.10. The smallest absolute Gasteiger partial charge is 0.357 e. The van der Waals surface area contributed by atoms with Crippen LogP contribution in [0.25, 0.3) is 21.3 Å².